The van der Waals surface area contributed by atoms with E-state index in [0.717, 1.165) is 6.42 Å². The molecule has 1 fully saturated rings. The van der Waals surface area contributed by atoms with E-state index in [4.69, 9.17) is 9.47 Å². The molecule has 0 aromatic carbocycles. The summed E-state index contributed by atoms with van der Waals surface area (Å²) in [7, 11) is 0. The Morgan fingerprint density at radius 1 is 1.24 bits per heavy atom. The minimum Gasteiger partial charge on any atom is -0.466 e. The highest BCUT2D eigenvalue weighted by Gasteiger charge is 2.58. The van der Waals surface area contributed by atoms with Gasteiger partial charge >= 0.3 is 11.9 Å². The average molecular weight is 298 g/mol. The van der Waals surface area contributed by atoms with Crippen LogP contribution in [0.15, 0.2) is 12.7 Å². The van der Waals surface area contributed by atoms with E-state index in [1.807, 2.05) is 0 Å². The lowest BCUT2D eigenvalue weighted by Gasteiger charge is -2.39. The van der Waals surface area contributed by atoms with Crippen molar-refractivity contribution in [2.75, 3.05) is 13.2 Å². The van der Waals surface area contributed by atoms with Crippen molar-refractivity contribution in [3.05, 3.63) is 12.7 Å². The summed E-state index contributed by atoms with van der Waals surface area (Å²) in [5.41, 5.74) is -2.22. The molecule has 2 atom stereocenters. The van der Waals surface area contributed by atoms with Crippen molar-refractivity contribution in [3.8, 4) is 0 Å². The minimum atomic E-state index is -1.19. The maximum atomic E-state index is 12.5. The van der Waals surface area contributed by atoms with Crippen LogP contribution in [-0.2, 0) is 19.1 Å². The van der Waals surface area contributed by atoms with Crippen molar-refractivity contribution < 1.29 is 24.2 Å². The highest BCUT2D eigenvalue weighted by Crippen LogP contribution is 2.52. The Kier molecular flexibility index (Phi) is 6.40. The SMILES string of the molecule is C=CC[C@@]1(O)CCC[C@@]1(CCC(=O)OCC)C(=O)OCC. The molecule has 0 aliphatic heterocycles. The molecule has 0 heterocycles. The second kappa shape index (κ2) is 7.59. The highest BCUT2D eigenvalue weighted by atomic mass is 16.5. The van der Waals surface area contributed by atoms with Crippen LogP contribution in [-0.4, -0.2) is 35.9 Å². The summed E-state index contributed by atoms with van der Waals surface area (Å²) in [4.78, 5) is 24.1. The van der Waals surface area contributed by atoms with E-state index in [9.17, 15) is 14.7 Å². The first-order chi connectivity index (χ1) is 9.95. The molecule has 0 bridgehead atoms. The van der Waals surface area contributed by atoms with Crippen LogP contribution in [0.5, 0.6) is 0 Å². The van der Waals surface area contributed by atoms with Crippen LogP contribution >= 0.6 is 0 Å². The molecule has 1 aliphatic rings. The Morgan fingerprint density at radius 3 is 2.48 bits per heavy atom. The number of carbonyl (C=O) groups excluding carboxylic acids is 2. The van der Waals surface area contributed by atoms with Crippen LogP contribution in [0.25, 0.3) is 0 Å². The molecule has 21 heavy (non-hydrogen) atoms. The van der Waals surface area contributed by atoms with E-state index in [-0.39, 0.29) is 25.4 Å². The maximum Gasteiger partial charge on any atom is 0.315 e. The van der Waals surface area contributed by atoms with Crippen LogP contribution in [0, 0.1) is 5.41 Å². The van der Waals surface area contributed by atoms with E-state index >= 15 is 0 Å². The average Bonchev–Trinajstić information content (AvgIpc) is 2.75. The summed E-state index contributed by atoms with van der Waals surface area (Å²) in [5, 5.41) is 10.9. The molecule has 0 aromatic heterocycles. The minimum absolute atomic E-state index is 0.103. The van der Waals surface area contributed by atoms with Gasteiger partial charge in [0.15, 0.2) is 0 Å². The van der Waals surface area contributed by atoms with Gasteiger partial charge in [-0.3, -0.25) is 9.59 Å². The van der Waals surface area contributed by atoms with E-state index in [1.54, 1.807) is 19.9 Å². The summed E-state index contributed by atoms with van der Waals surface area (Å²) in [6, 6.07) is 0. The highest BCUT2D eigenvalue weighted by molar-refractivity contribution is 5.80. The molecule has 1 aliphatic carbocycles. The van der Waals surface area contributed by atoms with Crippen molar-refractivity contribution in [3.63, 3.8) is 0 Å². The number of carbonyl (C=O) groups is 2. The van der Waals surface area contributed by atoms with Gasteiger partial charge in [-0.15, -0.1) is 6.58 Å². The van der Waals surface area contributed by atoms with Gasteiger partial charge in [-0.1, -0.05) is 6.08 Å². The molecular weight excluding hydrogens is 272 g/mol. The lowest BCUT2D eigenvalue weighted by atomic mass is 9.69. The molecule has 0 radical (unpaired) electrons. The van der Waals surface area contributed by atoms with Gasteiger partial charge in [-0.05, 0) is 46.0 Å². The maximum absolute atomic E-state index is 12.5. The number of hydrogen-bond acceptors (Lipinski definition) is 5. The summed E-state index contributed by atoms with van der Waals surface area (Å²) < 4.78 is 10.1. The standard InChI is InChI=1S/C16H26O5/c1-4-9-16(19)11-7-10-15(16,14(18)21-6-3)12-8-13(17)20-5-2/h4,19H,1,5-12H2,2-3H3/t15-,16-/m1/s1. The largest absolute Gasteiger partial charge is 0.466 e. The topological polar surface area (TPSA) is 72.8 Å². The summed E-state index contributed by atoms with van der Waals surface area (Å²) >= 11 is 0. The smallest absolute Gasteiger partial charge is 0.315 e. The second-order valence-corrected chi connectivity index (χ2v) is 5.49. The lowest BCUT2D eigenvalue weighted by molar-refractivity contribution is -0.173. The quantitative estimate of drug-likeness (QED) is 0.550. The first-order valence-electron chi connectivity index (χ1n) is 7.62. The van der Waals surface area contributed by atoms with Crippen molar-refractivity contribution in [1.29, 1.82) is 0 Å². The van der Waals surface area contributed by atoms with Crippen LogP contribution in [0.1, 0.15) is 52.4 Å². The first kappa shape index (κ1) is 17.7. The third-order valence-corrected chi connectivity index (χ3v) is 4.29. The predicted molar refractivity (Wildman–Crippen MR) is 78.5 cm³/mol. The van der Waals surface area contributed by atoms with E-state index < -0.39 is 17.0 Å². The third kappa shape index (κ3) is 3.64. The van der Waals surface area contributed by atoms with Gasteiger partial charge in [-0.2, -0.15) is 0 Å². The summed E-state index contributed by atoms with van der Waals surface area (Å²) in [5.74, 6) is -0.773. The number of rotatable bonds is 8. The molecule has 5 heteroatoms. The van der Waals surface area contributed by atoms with Crippen molar-refractivity contribution in [2.45, 2.75) is 58.0 Å². The Bertz CT molecular complexity index is 392. The van der Waals surface area contributed by atoms with Crippen LogP contribution in [0.3, 0.4) is 0 Å². The van der Waals surface area contributed by atoms with E-state index in [1.165, 1.54) is 0 Å². The fourth-order valence-electron chi connectivity index (χ4n) is 3.26. The molecule has 5 nitrogen and oxygen atoms in total. The zero-order valence-corrected chi connectivity index (χ0v) is 13.0. The van der Waals surface area contributed by atoms with Crippen LogP contribution in [0.4, 0.5) is 0 Å². The van der Waals surface area contributed by atoms with Gasteiger partial charge in [0.1, 0.15) is 0 Å². The summed E-state index contributed by atoms with van der Waals surface area (Å²) in [6.45, 7) is 7.70. The van der Waals surface area contributed by atoms with E-state index in [2.05, 4.69) is 6.58 Å². The lowest BCUT2D eigenvalue weighted by Crippen LogP contribution is -2.50. The Morgan fingerprint density at radius 2 is 1.90 bits per heavy atom. The van der Waals surface area contributed by atoms with Gasteiger partial charge in [0, 0.05) is 6.42 Å². The van der Waals surface area contributed by atoms with Gasteiger partial charge in [0.25, 0.3) is 0 Å². The fraction of sp³-hybridized carbons (Fsp3) is 0.750. The zero-order valence-electron chi connectivity index (χ0n) is 13.0. The van der Waals surface area contributed by atoms with Gasteiger partial charge in [0.2, 0.25) is 0 Å². The normalized spacial score (nSPS) is 28.1. The predicted octanol–water partition coefficient (Wildman–Crippen LogP) is 2.37. The molecule has 0 saturated heterocycles. The van der Waals surface area contributed by atoms with Crippen molar-refractivity contribution >= 4 is 11.9 Å². The Labute approximate surface area is 126 Å². The molecule has 0 spiro atoms. The van der Waals surface area contributed by atoms with Gasteiger partial charge in [0.05, 0.1) is 24.2 Å². The first-order valence-corrected chi connectivity index (χ1v) is 7.62. The number of hydrogen-bond donors (Lipinski definition) is 1. The van der Waals surface area contributed by atoms with Crippen LogP contribution < -0.4 is 0 Å². The van der Waals surface area contributed by atoms with Crippen molar-refractivity contribution in [1.82, 2.24) is 0 Å². The molecule has 0 amide bonds. The van der Waals surface area contributed by atoms with Crippen molar-refractivity contribution in [2.24, 2.45) is 5.41 Å². The molecule has 1 N–H and O–H groups in total. The zero-order chi connectivity index (χ0) is 15.9. The third-order valence-electron chi connectivity index (χ3n) is 4.29. The summed E-state index contributed by atoms with van der Waals surface area (Å²) in [6.07, 6.45) is 4.04. The fourth-order valence-corrected chi connectivity index (χ4v) is 3.26. The molecule has 1 saturated carbocycles. The Balaban J connectivity index is 2.97. The van der Waals surface area contributed by atoms with E-state index in [0.29, 0.717) is 25.9 Å². The van der Waals surface area contributed by atoms with Crippen LogP contribution in [0.2, 0.25) is 0 Å². The monoisotopic (exact) mass is 298 g/mol. The van der Waals surface area contributed by atoms with Gasteiger partial charge in [-0.25, -0.2) is 0 Å². The molecule has 0 unspecified atom stereocenters. The second-order valence-electron chi connectivity index (χ2n) is 5.49. The number of esters is 2. The Hall–Kier alpha value is -1.36. The molecule has 1 rings (SSSR count). The van der Waals surface area contributed by atoms with Gasteiger partial charge < -0.3 is 14.6 Å². The number of aliphatic hydroxyl groups is 1. The molecule has 0 aromatic rings. The molecular formula is C16H26O5. The molecule has 120 valence electrons. The number of ether oxygens (including phenoxy) is 2.